The summed E-state index contributed by atoms with van der Waals surface area (Å²) in [5, 5.41) is 6.88. The Bertz CT molecular complexity index is 725. The van der Waals surface area contributed by atoms with E-state index in [9.17, 15) is 13.6 Å². The monoisotopic (exact) mass is 321 g/mol. The minimum atomic E-state index is -0.612. The molecule has 1 aliphatic rings. The Kier molecular flexibility index (Phi) is 4.10. The fraction of sp³-hybridized carbons (Fsp3) is 0.333. The molecule has 8 heteroatoms. The normalized spacial score (nSPS) is 20.7. The quantitative estimate of drug-likeness (QED) is 0.797. The van der Waals surface area contributed by atoms with Gasteiger partial charge in [-0.2, -0.15) is 5.10 Å². The van der Waals surface area contributed by atoms with Gasteiger partial charge in [0.1, 0.15) is 17.3 Å². The van der Waals surface area contributed by atoms with Crippen LogP contribution in [0.2, 0.25) is 0 Å². The van der Waals surface area contributed by atoms with E-state index in [1.807, 2.05) is 0 Å². The van der Waals surface area contributed by atoms with Gasteiger partial charge in [0, 0.05) is 19.0 Å². The van der Waals surface area contributed by atoms with Crippen LogP contribution in [0, 0.1) is 18.6 Å². The Balaban J connectivity index is 1.69. The van der Waals surface area contributed by atoms with Gasteiger partial charge < -0.3 is 5.32 Å². The van der Waals surface area contributed by atoms with Crippen molar-refractivity contribution in [1.82, 2.24) is 25.9 Å². The van der Waals surface area contributed by atoms with Crippen LogP contribution < -0.4 is 16.2 Å². The lowest BCUT2D eigenvalue weighted by atomic mass is 10.0. The van der Waals surface area contributed by atoms with Crippen molar-refractivity contribution in [3.63, 3.8) is 0 Å². The number of amides is 1. The lowest BCUT2D eigenvalue weighted by Gasteiger charge is -2.13. The summed E-state index contributed by atoms with van der Waals surface area (Å²) in [7, 11) is 1.68. The number of nitrogens with one attached hydrogen (secondary N) is 3. The molecule has 122 valence electrons. The molecule has 3 N–H and O–H groups in total. The summed E-state index contributed by atoms with van der Waals surface area (Å²) in [6.07, 6.45) is -0.123. The van der Waals surface area contributed by atoms with Crippen molar-refractivity contribution >= 4 is 5.91 Å². The molecular formula is C15H17F2N5O. The van der Waals surface area contributed by atoms with Crippen molar-refractivity contribution in [2.45, 2.75) is 25.6 Å². The summed E-state index contributed by atoms with van der Waals surface area (Å²) in [6, 6.07) is 4.86. The smallest absolute Gasteiger partial charge is 0.270 e. The molecule has 1 amide bonds. The van der Waals surface area contributed by atoms with Crippen LogP contribution >= 0.6 is 0 Å². The molecule has 3 rings (SSSR count). The molecule has 1 aromatic heterocycles. The van der Waals surface area contributed by atoms with Gasteiger partial charge in [-0.25, -0.2) is 19.6 Å². The highest BCUT2D eigenvalue weighted by atomic mass is 19.1. The first-order valence-corrected chi connectivity index (χ1v) is 7.22. The minimum absolute atomic E-state index is 0.0341. The zero-order chi connectivity index (χ0) is 16.6. The summed E-state index contributed by atoms with van der Waals surface area (Å²) in [5.74, 6) is -1.53. The van der Waals surface area contributed by atoms with Gasteiger partial charge >= 0.3 is 0 Å². The predicted octanol–water partition coefficient (Wildman–Crippen LogP) is 1.30. The molecule has 0 aliphatic carbocycles. The second kappa shape index (κ2) is 6.05. The molecule has 1 aliphatic heterocycles. The summed E-state index contributed by atoms with van der Waals surface area (Å²) in [4.78, 5) is 12.2. The van der Waals surface area contributed by atoms with Crippen LogP contribution in [0.3, 0.4) is 0 Å². The number of benzene rings is 1. The number of nitrogens with zero attached hydrogens (tertiary/aromatic N) is 2. The Hall–Kier alpha value is -2.32. The Morgan fingerprint density at radius 3 is 2.65 bits per heavy atom. The number of halogens is 2. The van der Waals surface area contributed by atoms with Gasteiger partial charge in [0.2, 0.25) is 0 Å². The predicted molar refractivity (Wildman–Crippen MR) is 79.2 cm³/mol. The van der Waals surface area contributed by atoms with E-state index in [4.69, 9.17) is 0 Å². The van der Waals surface area contributed by atoms with Gasteiger partial charge in [-0.3, -0.25) is 9.48 Å². The second-order valence-corrected chi connectivity index (χ2v) is 5.53. The summed E-state index contributed by atoms with van der Waals surface area (Å²) in [6.45, 7) is 1.79. The molecule has 2 aromatic rings. The Morgan fingerprint density at radius 2 is 2.04 bits per heavy atom. The Labute approximate surface area is 131 Å². The van der Waals surface area contributed by atoms with E-state index in [-0.39, 0.29) is 11.5 Å². The number of hydrazine groups is 1. The van der Waals surface area contributed by atoms with Gasteiger partial charge in [-0.1, -0.05) is 6.07 Å². The van der Waals surface area contributed by atoms with E-state index >= 15 is 0 Å². The van der Waals surface area contributed by atoms with E-state index in [2.05, 4.69) is 21.3 Å². The number of rotatable bonds is 3. The van der Waals surface area contributed by atoms with Crippen LogP contribution in [0.15, 0.2) is 24.3 Å². The number of aromatic nitrogens is 2. The first kappa shape index (κ1) is 15.6. The molecule has 0 bridgehead atoms. The van der Waals surface area contributed by atoms with E-state index in [0.29, 0.717) is 12.1 Å². The molecule has 1 aromatic carbocycles. The summed E-state index contributed by atoms with van der Waals surface area (Å²) < 4.78 is 29.1. The second-order valence-electron chi connectivity index (χ2n) is 5.53. The minimum Gasteiger partial charge on any atom is -0.334 e. The fourth-order valence-electron chi connectivity index (χ4n) is 2.74. The number of hydrogen-bond donors (Lipinski definition) is 3. The molecule has 0 saturated carbocycles. The standard InChI is InChI=1S/C15H17F2N5O/c1-8-6-12(22(2)21-8)15(23)18-13-7-11(19-20-13)14-9(16)4-3-5-10(14)17/h3-6,11,13,19-20H,7H2,1-2H3,(H,18,23). The molecule has 23 heavy (non-hydrogen) atoms. The van der Waals surface area contributed by atoms with Crippen LogP contribution in [0.4, 0.5) is 8.78 Å². The average Bonchev–Trinajstić information content (AvgIpc) is 3.05. The number of carbonyl (C=O) groups is 1. The SMILES string of the molecule is Cc1cc(C(=O)NC2CC(c3c(F)cccc3F)NN2)n(C)n1. The largest absolute Gasteiger partial charge is 0.334 e. The van der Waals surface area contributed by atoms with Crippen molar-refractivity contribution in [2.75, 3.05) is 0 Å². The maximum absolute atomic E-state index is 13.8. The first-order chi connectivity index (χ1) is 11.0. The molecule has 2 heterocycles. The van der Waals surface area contributed by atoms with Crippen molar-refractivity contribution < 1.29 is 13.6 Å². The van der Waals surface area contributed by atoms with Crippen LogP contribution in [-0.2, 0) is 7.05 Å². The number of aryl methyl sites for hydroxylation is 2. The van der Waals surface area contributed by atoms with E-state index < -0.39 is 23.8 Å². The lowest BCUT2D eigenvalue weighted by molar-refractivity contribution is 0.0922. The molecule has 2 unspecified atom stereocenters. The molecule has 0 radical (unpaired) electrons. The van der Waals surface area contributed by atoms with Gasteiger partial charge in [0.15, 0.2) is 0 Å². The van der Waals surface area contributed by atoms with E-state index in [1.165, 1.54) is 22.9 Å². The molecule has 1 saturated heterocycles. The molecular weight excluding hydrogens is 304 g/mol. The highest BCUT2D eigenvalue weighted by Gasteiger charge is 2.30. The summed E-state index contributed by atoms with van der Waals surface area (Å²) >= 11 is 0. The average molecular weight is 321 g/mol. The maximum Gasteiger partial charge on any atom is 0.270 e. The molecule has 1 fully saturated rings. The third kappa shape index (κ3) is 3.08. The van der Waals surface area contributed by atoms with Crippen molar-refractivity contribution in [3.05, 3.63) is 52.9 Å². The molecule has 2 atom stereocenters. The van der Waals surface area contributed by atoms with Crippen molar-refractivity contribution in [1.29, 1.82) is 0 Å². The third-order valence-corrected chi connectivity index (χ3v) is 3.79. The van der Waals surface area contributed by atoms with Crippen LogP contribution in [-0.4, -0.2) is 21.9 Å². The third-order valence-electron chi connectivity index (χ3n) is 3.79. The van der Waals surface area contributed by atoms with Crippen LogP contribution in [0.25, 0.3) is 0 Å². The van der Waals surface area contributed by atoms with Crippen molar-refractivity contribution in [3.8, 4) is 0 Å². The first-order valence-electron chi connectivity index (χ1n) is 7.22. The van der Waals surface area contributed by atoms with Crippen LogP contribution in [0.1, 0.15) is 34.2 Å². The Morgan fingerprint density at radius 1 is 1.35 bits per heavy atom. The number of carbonyl (C=O) groups excluding carboxylic acids is 1. The topological polar surface area (TPSA) is 71.0 Å². The van der Waals surface area contributed by atoms with Gasteiger partial charge in [0.05, 0.1) is 17.9 Å². The highest BCUT2D eigenvalue weighted by molar-refractivity contribution is 5.92. The lowest BCUT2D eigenvalue weighted by Crippen LogP contribution is -2.44. The zero-order valence-electron chi connectivity index (χ0n) is 12.7. The highest BCUT2D eigenvalue weighted by Crippen LogP contribution is 2.26. The van der Waals surface area contributed by atoms with Crippen molar-refractivity contribution in [2.24, 2.45) is 7.05 Å². The van der Waals surface area contributed by atoms with Gasteiger partial charge in [0.25, 0.3) is 5.91 Å². The zero-order valence-corrected chi connectivity index (χ0v) is 12.7. The van der Waals surface area contributed by atoms with E-state index in [0.717, 1.165) is 5.69 Å². The number of hydrogen-bond acceptors (Lipinski definition) is 4. The molecule has 6 nitrogen and oxygen atoms in total. The maximum atomic E-state index is 13.8. The van der Waals surface area contributed by atoms with Gasteiger partial charge in [-0.05, 0) is 25.1 Å². The van der Waals surface area contributed by atoms with Gasteiger partial charge in [-0.15, -0.1) is 0 Å². The van der Waals surface area contributed by atoms with E-state index in [1.54, 1.807) is 20.0 Å². The van der Waals surface area contributed by atoms with Crippen LogP contribution in [0.5, 0.6) is 0 Å². The fourth-order valence-corrected chi connectivity index (χ4v) is 2.74. The molecule has 0 spiro atoms. The summed E-state index contributed by atoms with van der Waals surface area (Å²) in [5.41, 5.74) is 6.78.